The minimum absolute atomic E-state index is 0.236. The Labute approximate surface area is 45.1 Å². The van der Waals surface area contributed by atoms with Gasteiger partial charge in [0, 0.05) is 7.11 Å². The number of nitrogens with zero attached hydrogens (tertiary/aromatic N) is 1. The van der Waals surface area contributed by atoms with Crippen molar-refractivity contribution in [3.63, 3.8) is 0 Å². The van der Waals surface area contributed by atoms with Crippen LogP contribution in [-0.2, 0) is 4.74 Å². The van der Waals surface area contributed by atoms with Gasteiger partial charge in [0.1, 0.15) is 6.23 Å². The molecule has 0 aromatic carbocycles. The lowest BCUT2D eigenvalue weighted by molar-refractivity contribution is 0.0116. The molecule has 0 aromatic rings. The van der Waals surface area contributed by atoms with Gasteiger partial charge >= 0.3 is 0 Å². The minimum Gasteiger partial charge on any atom is -0.367 e. The standard InChI is InChI=1S/C5H13NO/c1-5(7-4)6(2)3/h5H,1-4H3/t5-/m1/s1. The van der Waals surface area contributed by atoms with E-state index in [1.54, 1.807) is 7.11 Å². The molecule has 0 spiro atoms. The monoisotopic (exact) mass is 103 g/mol. The van der Waals surface area contributed by atoms with Crippen LogP contribution in [-0.4, -0.2) is 32.3 Å². The first kappa shape index (κ1) is 6.92. The highest BCUT2D eigenvalue weighted by atomic mass is 16.5. The summed E-state index contributed by atoms with van der Waals surface area (Å²) >= 11 is 0. The molecule has 0 bridgehead atoms. The van der Waals surface area contributed by atoms with Crippen LogP contribution in [0.3, 0.4) is 0 Å². The Morgan fingerprint density at radius 2 is 1.86 bits per heavy atom. The van der Waals surface area contributed by atoms with Gasteiger partial charge in [-0.25, -0.2) is 0 Å². The van der Waals surface area contributed by atoms with Gasteiger partial charge in [-0.3, -0.25) is 4.90 Å². The highest BCUT2D eigenvalue weighted by Gasteiger charge is 1.97. The first-order chi connectivity index (χ1) is 3.18. The lowest BCUT2D eigenvalue weighted by Crippen LogP contribution is -2.25. The summed E-state index contributed by atoms with van der Waals surface area (Å²) < 4.78 is 4.94. The van der Waals surface area contributed by atoms with Gasteiger partial charge in [-0.1, -0.05) is 0 Å². The molecule has 0 saturated carbocycles. The van der Waals surface area contributed by atoms with Crippen molar-refractivity contribution in [1.82, 2.24) is 4.90 Å². The van der Waals surface area contributed by atoms with Crippen molar-refractivity contribution in [2.24, 2.45) is 0 Å². The molecule has 1 atom stereocenters. The molecule has 2 heteroatoms. The van der Waals surface area contributed by atoms with E-state index in [0.717, 1.165) is 0 Å². The molecule has 0 unspecified atom stereocenters. The summed E-state index contributed by atoms with van der Waals surface area (Å²) in [7, 11) is 5.66. The Morgan fingerprint density at radius 3 is 1.86 bits per heavy atom. The average Bonchev–Trinajstić information content (AvgIpc) is 1.65. The third-order valence-corrected chi connectivity index (χ3v) is 1.07. The van der Waals surface area contributed by atoms with Crippen molar-refractivity contribution in [1.29, 1.82) is 0 Å². The van der Waals surface area contributed by atoms with E-state index >= 15 is 0 Å². The van der Waals surface area contributed by atoms with Gasteiger partial charge in [0.15, 0.2) is 0 Å². The third-order valence-electron chi connectivity index (χ3n) is 1.07. The van der Waals surface area contributed by atoms with Gasteiger partial charge < -0.3 is 4.74 Å². The molecule has 0 N–H and O–H groups in total. The Morgan fingerprint density at radius 1 is 1.43 bits per heavy atom. The molecular formula is C5H13NO. The fourth-order valence-electron chi connectivity index (χ4n) is 0.211. The van der Waals surface area contributed by atoms with E-state index in [4.69, 9.17) is 4.74 Å². The molecule has 0 rings (SSSR count). The van der Waals surface area contributed by atoms with Crippen molar-refractivity contribution in [3.8, 4) is 0 Å². The van der Waals surface area contributed by atoms with Crippen LogP contribution in [0, 0.1) is 0 Å². The van der Waals surface area contributed by atoms with E-state index in [-0.39, 0.29) is 6.23 Å². The maximum Gasteiger partial charge on any atom is 0.106 e. The smallest absolute Gasteiger partial charge is 0.106 e. The second-order valence-corrected chi connectivity index (χ2v) is 1.80. The van der Waals surface area contributed by atoms with Crippen LogP contribution >= 0.6 is 0 Å². The number of methoxy groups -OCH3 is 1. The molecule has 7 heavy (non-hydrogen) atoms. The summed E-state index contributed by atoms with van der Waals surface area (Å²) in [6.45, 7) is 2.00. The van der Waals surface area contributed by atoms with Crippen LogP contribution in [0.15, 0.2) is 0 Å². The van der Waals surface area contributed by atoms with Crippen LogP contribution in [0.4, 0.5) is 0 Å². The van der Waals surface area contributed by atoms with E-state index in [2.05, 4.69) is 0 Å². The molecular weight excluding hydrogens is 90.1 g/mol. The molecule has 0 aromatic heterocycles. The van der Waals surface area contributed by atoms with Crippen molar-refractivity contribution in [2.75, 3.05) is 21.2 Å². The zero-order valence-corrected chi connectivity index (χ0v) is 5.43. The van der Waals surface area contributed by atoms with Crippen LogP contribution in [0.5, 0.6) is 0 Å². The fourth-order valence-corrected chi connectivity index (χ4v) is 0.211. The molecule has 44 valence electrons. The quantitative estimate of drug-likeness (QED) is 0.473. The first-order valence-electron chi connectivity index (χ1n) is 2.37. The summed E-state index contributed by atoms with van der Waals surface area (Å²) in [6.07, 6.45) is 0.236. The summed E-state index contributed by atoms with van der Waals surface area (Å²) in [5, 5.41) is 0. The molecule has 0 amide bonds. The molecule has 2 nitrogen and oxygen atoms in total. The minimum atomic E-state index is 0.236. The normalized spacial score (nSPS) is 15.0. The second kappa shape index (κ2) is 2.99. The molecule has 0 saturated heterocycles. The SMILES string of the molecule is CO[C@H](C)N(C)C. The summed E-state index contributed by atoms with van der Waals surface area (Å²) in [5.41, 5.74) is 0. The number of rotatable bonds is 2. The number of hydrogen-bond donors (Lipinski definition) is 0. The van der Waals surface area contributed by atoms with Crippen molar-refractivity contribution in [2.45, 2.75) is 13.2 Å². The van der Waals surface area contributed by atoms with E-state index in [0.29, 0.717) is 0 Å². The largest absolute Gasteiger partial charge is 0.367 e. The van der Waals surface area contributed by atoms with E-state index < -0.39 is 0 Å². The lowest BCUT2D eigenvalue weighted by Gasteiger charge is -2.16. The molecule has 0 fully saturated rings. The van der Waals surface area contributed by atoms with Gasteiger partial charge in [-0.2, -0.15) is 0 Å². The zero-order valence-electron chi connectivity index (χ0n) is 5.43. The predicted molar refractivity (Wildman–Crippen MR) is 30.2 cm³/mol. The second-order valence-electron chi connectivity index (χ2n) is 1.80. The molecule has 0 aliphatic carbocycles. The topological polar surface area (TPSA) is 12.5 Å². The Balaban J connectivity index is 3.14. The number of hydrogen-bond acceptors (Lipinski definition) is 2. The maximum absolute atomic E-state index is 4.94. The molecule has 0 aliphatic heterocycles. The Bertz CT molecular complexity index is 45.3. The predicted octanol–water partition coefficient (Wildman–Crippen LogP) is 0.540. The van der Waals surface area contributed by atoms with Gasteiger partial charge in [0.2, 0.25) is 0 Å². The number of ether oxygens (including phenoxy) is 1. The van der Waals surface area contributed by atoms with Crippen LogP contribution < -0.4 is 0 Å². The fraction of sp³-hybridized carbons (Fsp3) is 1.00. The van der Waals surface area contributed by atoms with Crippen LogP contribution in [0.1, 0.15) is 6.92 Å². The van der Waals surface area contributed by atoms with Gasteiger partial charge in [0.25, 0.3) is 0 Å². The zero-order chi connectivity index (χ0) is 5.86. The van der Waals surface area contributed by atoms with Gasteiger partial charge in [-0.05, 0) is 21.0 Å². The van der Waals surface area contributed by atoms with Gasteiger partial charge in [0.05, 0.1) is 0 Å². The summed E-state index contributed by atoms with van der Waals surface area (Å²) in [5.74, 6) is 0. The summed E-state index contributed by atoms with van der Waals surface area (Å²) in [4.78, 5) is 2.00. The highest BCUT2D eigenvalue weighted by molar-refractivity contribution is 4.39. The van der Waals surface area contributed by atoms with Crippen molar-refractivity contribution in [3.05, 3.63) is 0 Å². The van der Waals surface area contributed by atoms with Crippen molar-refractivity contribution < 1.29 is 4.74 Å². The van der Waals surface area contributed by atoms with E-state index in [1.807, 2.05) is 25.9 Å². The lowest BCUT2D eigenvalue weighted by atomic mass is 10.6. The van der Waals surface area contributed by atoms with Crippen molar-refractivity contribution >= 4 is 0 Å². The summed E-state index contributed by atoms with van der Waals surface area (Å²) in [6, 6.07) is 0. The molecule has 0 heterocycles. The van der Waals surface area contributed by atoms with Crippen LogP contribution in [0.2, 0.25) is 0 Å². The Kier molecular flexibility index (Phi) is 2.96. The third kappa shape index (κ3) is 2.60. The van der Waals surface area contributed by atoms with E-state index in [1.165, 1.54) is 0 Å². The first-order valence-corrected chi connectivity index (χ1v) is 2.37. The van der Waals surface area contributed by atoms with Gasteiger partial charge in [-0.15, -0.1) is 0 Å². The Hall–Kier alpha value is -0.0800. The molecule has 0 radical (unpaired) electrons. The molecule has 0 aliphatic rings. The maximum atomic E-state index is 4.94. The van der Waals surface area contributed by atoms with E-state index in [9.17, 15) is 0 Å². The highest BCUT2D eigenvalue weighted by Crippen LogP contribution is 1.88. The average molecular weight is 103 g/mol. The van der Waals surface area contributed by atoms with Crippen LogP contribution in [0.25, 0.3) is 0 Å².